The first-order valence-electron chi connectivity index (χ1n) is 15.7. The molecule has 1 heterocycles. The molecule has 2 N–H and O–H groups in total. The van der Waals surface area contributed by atoms with Crippen LogP contribution in [0.25, 0.3) is 0 Å². The number of para-hydroxylation sites is 2. The Balaban J connectivity index is 1.34. The van der Waals surface area contributed by atoms with E-state index < -0.39 is 6.04 Å². The Morgan fingerprint density at radius 1 is 1.02 bits per heavy atom. The smallest absolute Gasteiger partial charge is 0.258 e. The van der Waals surface area contributed by atoms with Crippen molar-refractivity contribution in [3.63, 3.8) is 0 Å². The van der Waals surface area contributed by atoms with Crippen molar-refractivity contribution >= 4 is 17.5 Å². The minimum Gasteiger partial charge on any atom is -0.486 e. The molecule has 242 valence electrons. The fraction of sp³-hybridized carbons (Fsp3) is 0.289. The summed E-state index contributed by atoms with van der Waals surface area (Å²) in [6.45, 7) is 5.29. The molecular weight excluding hydrogens is 592 g/mol. The molecule has 0 fully saturated rings. The summed E-state index contributed by atoms with van der Waals surface area (Å²) in [6.07, 6.45) is -0.244. The zero-order valence-electron chi connectivity index (χ0n) is 26.9. The van der Waals surface area contributed by atoms with E-state index in [4.69, 9.17) is 14.7 Å². The molecule has 0 radical (unpaired) electrons. The van der Waals surface area contributed by atoms with Gasteiger partial charge in [0.05, 0.1) is 42.0 Å². The molecule has 0 spiro atoms. The van der Waals surface area contributed by atoms with Crippen LogP contribution < -0.4 is 14.8 Å². The molecule has 5 rings (SSSR count). The summed E-state index contributed by atoms with van der Waals surface area (Å²) in [5.74, 6) is 1.22. The molecule has 1 unspecified atom stereocenters. The molecule has 0 aromatic heterocycles. The number of hydrogen-bond acceptors (Lipinski definition) is 7. The van der Waals surface area contributed by atoms with Crippen molar-refractivity contribution in [3.05, 3.63) is 119 Å². The van der Waals surface area contributed by atoms with Crippen LogP contribution in [0.5, 0.6) is 17.2 Å². The van der Waals surface area contributed by atoms with Crippen molar-refractivity contribution in [2.24, 2.45) is 5.92 Å². The van der Waals surface area contributed by atoms with Gasteiger partial charge in [0.2, 0.25) is 5.91 Å². The first-order chi connectivity index (χ1) is 22.7. The number of nitriles is 1. The van der Waals surface area contributed by atoms with Crippen molar-refractivity contribution < 1.29 is 24.2 Å². The molecule has 47 heavy (non-hydrogen) atoms. The zero-order valence-corrected chi connectivity index (χ0v) is 26.9. The topological polar surface area (TPSA) is 115 Å². The van der Waals surface area contributed by atoms with Crippen LogP contribution in [0.2, 0.25) is 0 Å². The summed E-state index contributed by atoms with van der Waals surface area (Å²) in [5, 5.41) is 22.0. The van der Waals surface area contributed by atoms with Gasteiger partial charge in [0.1, 0.15) is 17.6 Å². The van der Waals surface area contributed by atoms with Crippen LogP contribution in [0, 0.1) is 17.2 Å². The number of aliphatic hydroxyl groups excluding tert-OH is 1. The maximum atomic E-state index is 13.8. The highest BCUT2D eigenvalue weighted by atomic mass is 16.5. The van der Waals surface area contributed by atoms with E-state index in [-0.39, 0.29) is 36.9 Å². The van der Waals surface area contributed by atoms with Gasteiger partial charge >= 0.3 is 0 Å². The molecule has 2 amide bonds. The Kier molecular flexibility index (Phi) is 10.9. The van der Waals surface area contributed by atoms with Gasteiger partial charge in [-0.2, -0.15) is 5.26 Å². The zero-order chi connectivity index (χ0) is 33.3. The van der Waals surface area contributed by atoms with E-state index >= 15 is 0 Å². The summed E-state index contributed by atoms with van der Waals surface area (Å²) in [7, 11) is 2.02. The van der Waals surface area contributed by atoms with E-state index in [1.807, 2.05) is 75.5 Å². The molecule has 0 bridgehead atoms. The molecule has 4 aromatic rings. The summed E-state index contributed by atoms with van der Waals surface area (Å²) in [4.78, 5) is 30.8. The molecule has 9 nitrogen and oxygen atoms in total. The highest BCUT2D eigenvalue weighted by molar-refractivity contribution is 6.02. The molecule has 9 heteroatoms. The highest BCUT2D eigenvalue weighted by Gasteiger charge is 2.34. The normalized spacial score (nSPS) is 16.7. The number of nitrogens with one attached hydrogen (secondary N) is 1. The van der Waals surface area contributed by atoms with Gasteiger partial charge in [-0.05, 0) is 73.6 Å². The summed E-state index contributed by atoms with van der Waals surface area (Å²) in [6, 6.07) is 31.3. The number of carbonyl (C=O) groups is 2. The third-order valence-electron chi connectivity index (χ3n) is 8.26. The van der Waals surface area contributed by atoms with Crippen LogP contribution in [-0.4, -0.2) is 65.6 Å². The van der Waals surface area contributed by atoms with Gasteiger partial charge in [-0.15, -0.1) is 0 Å². The summed E-state index contributed by atoms with van der Waals surface area (Å²) >= 11 is 0. The van der Waals surface area contributed by atoms with Gasteiger partial charge in [0.25, 0.3) is 5.91 Å². The van der Waals surface area contributed by atoms with Crippen LogP contribution in [-0.2, 0) is 17.8 Å². The number of ether oxygens (including phenoxy) is 2. The van der Waals surface area contributed by atoms with Gasteiger partial charge in [0, 0.05) is 25.6 Å². The third kappa shape index (κ3) is 8.55. The molecular formula is C38H40N4O5. The first kappa shape index (κ1) is 33.2. The number of likely N-dealkylation sites (N-methyl/N-ethyl adjacent to an activating group) is 1. The van der Waals surface area contributed by atoms with Crippen molar-refractivity contribution in [2.45, 2.75) is 39.0 Å². The minimum atomic E-state index is -0.402. The van der Waals surface area contributed by atoms with Gasteiger partial charge in [-0.1, -0.05) is 55.5 Å². The van der Waals surface area contributed by atoms with Crippen LogP contribution in [0.3, 0.4) is 0 Å². The lowest BCUT2D eigenvalue weighted by molar-refractivity contribution is -0.115. The van der Waals surface area contributed by atoms with Gasteiger partial charge in [-0.25, -0.2) is 0 Å². The lowest BCUT2D eigenvalue weighted by Gasteiger charge is -2.38. The number of anilines is 1. The largest absolute Gasteiger partial charge is 0.486 e. The Morgan fingerprint density at radius 2 is 1.70 bits per heavy atom. The van der Waals surface area contributed by atoms with Crippen molar-refractivity contribution in [1.29, 1.82) is 5.26 Å². The Bertz CT molecular complexity index is 1700. The van der Waals surface area contributed by atoms with E-state index in [1.54, 1.807) is 47.4 Å². The van der Waals surface area contributed by atoms with E-state index in [1.165, 1.54) is 0 Å². The van der Waals surface area contributed by atoms with Crippen LogP contribution in [0.4, 0.5) is 5.69 Å². The number of aliphatic hydroxyl groups is 1. The highest BCUT2D eigenvalue weighted by Crippen LogP contribution is 2.35. The Hall–Kier alpha value is -5.17. The molecule has 0 saturated carbocycles. The number of fused-ring (bicyclic) bond motifs is 1. The van der Waals surface area contributed by atoms with E-state index in [0.29, 0.717) is 42.2 Å². The average molecular weight is 633 g/mol. The number of carbonyl (C=O) groups excluding carboxylic acids is 2. The second-order valence-corrected chi connectivity index (χ2v) is 12.1. The molecule has 3 atom stereocenters. The van der Waals surface area contributed by atoms with Gasteiger partial charge in [-0.3, -0.25) is 14.5 Å². The maximum absolute atomic E-state index is 13.8. The fourth-order valence-electron chi connectivity index (χ4n) is 5.61. The molecule has 4 aromatic carbocycles. The van der Waals surface area contributed by atoms with E-state index in [0.717, 1.165) is 22.6 Å². The number of nitrogens with zero attached hydrogens (tertiary/aromatic N) is 3. The molecule has 0 aliphatic carbocycles. The standard InChI is InChI=1S/C38H40N4O5/c1-26-22-42(27(2)25-43)38(45)33-10-7-11-34(40-36(44)20-28-12-14-29(21-39)15-13-28)37(33)47-35(26)24-41(3)23-30-16-18-32(19-17-30)46-31-8-5-4-6-9-31/h4-19,26-27,35,43H,20,22-25H2,1-3H3,(H,40,44)/t26-,27?,35-/m1/s1. The van der Waals surface area contributed by atoms with Gasteiger partial charge in [0.15, 0.2) is 5.75 Å². The summed E-state index contributed by atoms with van der Waals surface area (Å²) < 4.78 is 12.6. The number of rotatable bonds is 11. The minimum absolute atomic E-state index is 0.0902. The van der Waals surface area contributed by atoms with Crippen LogP contribution in [0.1, 0.15) is 40.9 Å². The first-order valence-corrected chi connectivity index (χ1v) is 15.7. The fourth-order valence-corrected chi connectivity index (χ4v) is 5.61. The summed E-state index contributed by atoms with van der Waals surface area (Å²) in [5.41, 5.74) is 3.12. The van der Waals surface area contributed by atoms with Crippen LogP contribution in [0.15, 0.2) is 97.1 Å². The number of benzene rings is 4. The number of hydrogen-bond donors (Lipinski definition) is 2. The second-order valence-electron chi connectivity index (χ2n) is 12.1. The monoisotopic (exact) mass is 632 g/mol. The molecule has 1 aliphatic rings. The van der Waals surface area contributed by atoms with Crippen molar-refractivity contribution in [2.75, 3.05) is 32.1 Å². The van der Waals surface area contributed by atoms with Crippen LogP contribution >= 0.6 is 0 Å². The third-order valence-corrected chi connectivity index (χ3v) is 8.26. The van der Waals surface area contributed by atoms with Gasteiger partial charge < -0.3 is 24.8 Å². The molecule has 1 aliphatic heterocycles. The Morgan fingerprint density at radius 3 is 2.38 bits per heavy atom. The quantitative estimate of drug-likeness (QED) is 0.212. The Labute approximate surface area is 276 Å². The average Bonchev–Trinajstić information content (AvgIpc) is 3.08. The van der Waals surface area contributed by atoms with Crippen molar-refractivity contribution in [3.8, 4) is 23.3 Å². The second kappa shape index (κ2) is 15.4. The lowest BCUT2D eigenvalue weighted by Crippen LogP contribution is -2.49. The van der Waals surface area contributed by atoms with E-state index in [9.17, 15) is 14.7 Å². The van der Waals surface area contributed by atoms with E-state index in [2.05, 4.69) is 16.3 Å². The van der Waals surface area contributed by atoms with Crippen molar-refractivity contribution in [1.82, 2.24) is 9.80 Å². The predicted octanol–water partition coefficient (Wildman–Crippen LogP) is 5.88. The number of amides is 2. The maximum Gasteiger partial charge on any atom is 0.258 e. The molecule has 0 saturated heterocycles. The lowest BCUT2D eigenvalue weighted by atomic mass is 9.98. The predicted molar refractivity (Wildman–Crippen MR) is 180 cm³/mol. The SMILES string of the molecule is CC(CO)N1C[C@@H](C)[C@@H](CN(C)Cc2ccc(Oc3ccccc3)cc2)Oc2c(NC(=O)Cc3ccc(C#N)cc3)cccc2C1=O.